The summed E-state index contributed by atoms with van der Waals surface area (Å²) in [6.07, 6.45) is 2.75. The minimum Gasteiger partial charge on any atom is -0.493 e. The Morgan fingerprint density at radius 2 is 1.67 bits per heavy atom. The Morgan fingerprint density at radius 3 is 2.24 bits per heavy atom. The number of benzene rings is 2. The monoisotopic (exact) mass is 488 g/mol. The number of piperidine rings is 1. The van der Waals surface area contributed by atoms with Crippen molar-refractivity contribution < 1.29 is 19.1 Å². The molecule has 2 aromatic carbocycles. The number of halogens is 2. The van der Waals surface area contributed by atoms with Crippen molar-refractivity contribution in [1.82, 2.24) is 4.90 Å². The van der Waals surface area contributed by atoms with Gasteiger partial charge in [0.2, 0.25) is 5.91 Å². The maximum Gasteiger partial charge on any atom is 0.240 e. The molecule has 1 heterocycles. The predicted octanol–water partition coefficient (Wildman–Crippen LogP) is 5.52. The first-order valence-corrected chi connectivity index (χ1v) is 11.5. The highest BCUT2D eigenvalue weighted by atomic mass is 35.5. The number of ether oxygens (including phenoxy) is 2. The zero-order valence-electron chi connectivity index (χ0n) is 18.6. The number of rotatable bonds is 8. The van der Waals surface area contributed by atoms with Crippen molar-refractivity contribution in [2.45, 2.75) is 31.6 Å². The number of nitriles is 1. The van der Waals surface area contributed by atoms with Gasteiger partial charge in [-0.3, -0.25) is 9.59 Å². The third-order valence-corrected chi connectivity index (χ3v) is 6.59. The van der Waals surface area contributed by atoms with Gasteiger partial charge in [-0.2, -0.15) is 5.26 Å². The van der Waals surface area contributed by atoms with Gasteiger partial charge in [0.25, 0.3) is 0 Å². The van der Waals surface area contributed by atoms with E-state index in [1.807, 2.05) is 0 Å². The van der Waals surface area contributed by atoms with E-state index < -0.39 is 11.8 Å². The van der Waals surface area contributed by atoms with E-state index in [9.17, 15) is 14.9 Å². The van der Waals surface area contributed by atoms with Gasteiger partial charge in [-0.05, 0) is 49.1 Å². The van der Waals surface area contributed by atoms with Crippen molar-refractivity contribution in [2.75, 3.05) is 27.3 Å². The summed E-state index contributed by atoms with van der Waals surface area (Å²) in [5, 5.41) is 10.5. The summed E-state index contributed by atoms with van der Waals surface area (Å²) < 4.78 is 10.7. The Hall–Kier alpha value is -2.75. The number of carbonyl (C=O) groups is 2. The van der Waals surface area contributed by atoms with E-state index in [-0.39, 0.29) is 33.7 Å². The maximum absolute atomic E-state index is 13.4. The van der Waals surface area contributed by atoms with Crippen LogP contribution in [0.3, 0.4) is 0 Å². The molecule has 1 aliphatic rings. The van der Waals surface area contributed by atoms with Gasteiger partial charge in [-0.1, -0.05) is 35.3 Å². The zero-order valence-corrected chi connectivity index (χ0v) is 20.2. The molecule has 8 heteroatoms. The summed E-state index contributed by atoms with van der Waals surface area (Å²) in [5.41, 5.74) is 0.814. The Bertz CT molecular complexity index is 1040. The van der Waals surface area contributed by atoms with Crippen LogP contribution in [-0.4, -0.2) is 43.9 Å². The lowest BCUT2D eigenvalue weighted by Gasteiger charge is -2.31. The highest BCUT2D eigenvalue weighted by Crippen LogP contribution is 2.38. The van der Waals surface area contributed by atoms with Crippen molar-refractivity contribution >= 4 is 34.9 Å². The number of methoxy groups -OCH3 is 2. The van der Waals surface area contributed by atoms with Gasteiger partial charge < -0.3 is 14.4 Å². The van der Waals surface area contributed by atoms with Crippen LogP contribution in [0.4, 0.5) is 0 Å². The molecule has 0 unspecified atom stereocenters. The molecular weight excluding hydrogens is 463 g/mol. The molecule has 2 aromatic rings. The van der Waals surface area contributed by atoms with Gasteiger partial charge in [0, 0.05) is 25.4 Å². The minimum absolute atomic E-state index is 0.114. The van der Waals surface area contributed by atoms with Gasteiger partial charge in [-0.15, -0.1) is 0 Å². The second-order valence-corrected chi connectivity index (χ2v) is 8.75. The molecule has 0 N–H and O–H groups in total. The van der Waals surface area contributed by atoms with E-state index >= 15 is 0 Å². The Morgan fingerprint density at radius 1 is 1.03 bits per heavy atom. The average Bonchev–Trinajstić information content (AvgIpc) is 2.83. The molecule has 0 aliphatic carbocycles. The molecule has 0 saturated carbocycles. The van der Waals surface area contributed by atoms with Gasteiger partial charge in [0.15, 0.2) is 17.3 Å². The number of nitrogens with zero attached hydrogens (tertiary/aromatic N) is 2. The lowest BCUT2D eigenvalue weighted by molar-refractivity contribution is -0.135. The molecule has 174 valence electrons. The largest absolute Gasteiger partial charge is 0.493 e. The van der Waals surface area contributed by atoms with E-state index in [4.69, 9.17) is 32.7 Å². The second-order valence-electron chi connectivity index (χ2n) is 7.94. The molecule has 0 bridgehead atoms. The summed E-state index contributed by atoms with van der Waals surface area (Å²) in [6, 6.07) is 12.2. The third-order valence-electron chi connectivity index (χ3n) is 5.96. The number of hydrogen-bond acceptors (Lipinski definition) is 5. The number of Topliss-reactive ketones (excluding diaryl/α,β-unsaturated/α-hetero) is 1. The quantitative estimate of drug-likeness (QED) is 0.457. The van der Waals surface area contributed by atoms with Crippen LogP contribution in [-0.2, 0) is 4.79 Å². The van der Waals surface area contributed by atoms with Crippen molar-refractivity contribution in [3.63, 3.8) is 0 Å². The van der Waals surface area contributed by atoms with Crippen LogP contribution in [0.25, 0.3) is 0 Å². The SMILES string of the molecule is COc1ccc([C@H](CC(=O)c2c(Cl)cccc2Cl)[C@@H](C#N)C(=O)N2CCCCC2)cc1OC. The summed E-state index contributed by atoms with van der Waals surface area (Å²) in [4.78, 5) is 28.4. The summed E-state index contributed by atoms with van der Waals surface area (Å²) >= 11 is 12.5. The highest BCUT2D eigenvalue weighted by molar-refractivity contribution is 6.39. The Labute approximate surface area is 204 Å². The van der Waals surface area contributed by atoms with Crippen LogP contribution in [0.1, 0.15) is 47.5 Å². The van der Waals surface area contributed by atoms with Crippen molar-refractivity contribution in [3.05, 3.63) is 57.6 Å². The molecule has 6 nitrogen and oxygen atoms in total. The van der Waals surface area contributed by atoms with Crippen LogP contribution in [0, 0.1) is 17.2 Å². The zero-order chi connectivity index (χ0) is 24.0. The van der Waals surface area contributed by atoms with E-state index in [0.717, 1.165) is 19.3 Å². The van der Waals surface area contributed by atoms with Crippen molar-refractivity contribution in [1.29, 1.82) is 5.26 Å². The minimum atomic E-state index is -1.05. The fourth-order valence-electron chi connectivity index (χ4n) is 4.21. The third kappa shape index (κ3) is 5.61. The van der Waals surface area contributed by atoms with Gasteiger partial charge >= 0.3 is 0 Å². The molecule has 0 aromatic heterocycles. The predicted molar refractivity (Wildman–Crippen MR) is 127 cm³/mol. The Kier molecular flexibility index (Phi) is 8.60. The fraction of sp³-hybridized carbons (Fsp3) is 0.400. The lowest BCUT2D eigenvalue weighted by atomic mass is 9.81. The second kappa shape index (κ2) is 11.4. The van der Waals surface area contributed by atoms with Crippen LogP contribution in [0.2, 0.25) is 10.0 Å². The molecule has 33 heavy (non-hydrogen) atoms. The summed E-state index contributed by atoms with van der Waals surface area (Å²) in [6.45, 7) is 1.22. The van der Waals surface area contributed by atoms with Gasteiger partial charge in [0.05, 0.1) is 35.9 Å². The molecule has 1 amide bonds. The molecule has 3 rings (SSSR count). The van der Waals surface area contributed by atoms with Crippen LogP contribution in [0.5, 0.6) is 11.5 Å². The highest BCUT2D eigenvalue weighted by Gasteiger charge is 2.36. The molecule has 2 atom stereocenters. The van der Waals surface area contributed by atoms with Crippen LogP contribution in [0.15, 0.2) is 36.4 Å². The van der Waals surface area contributed by atoms with E-state index in [1.54, 1.807) is 41.3 Å². The number of likely N-dealkylation sites (tertiary alicyclic amines) is 1. The number of carbonyl (C=O) groups excluding carboxylic acids is 2. The smallest absolute Gasteiger partial charge is 0.240 e. The number of amides is 1. The molecule has 0 spiro atoms. The summed E-state index contributed by atoms with van der Waals surface area (Å²) in [5.74, 6) is -1.41. The number of hydrogen-bond donors (Lipinski definition) is 0. The standard InChI is InChI=1S/C25H26Cl2N2O4/c1-32-22-10-9-16(13-23(22)33-2)17(14-21(30)24-19(26)7-6-8-20(24)27)18(15-28)25(31)29-11-4-3-5-12-29/h6-10,13,17-18H,3-5,11-12,14H2,1-2H3/t17-,18+/m0/s1. The lowest BCUT2D eigenvalue weighted by Crippen LogP contribution is -2.41. The van der Waals surface area contributed by atoms with Gasteiger partial charge in [0.1, 0.15) is 5.92 Å². The first-order valence-electron chi connectivity index (χ1n) is 10.8. The average molecular weight is 489 g/mol. The number of ketones is 1. The van der Waals surface area contributed by atoms with Crippen molar-refractivity contribution in [2.24, 2.45) is 5.92 Å². The molecular formula is C25H26Cl2N2O4. The fourth-order valence-corrected chi connectivity index (χ4v) is 4.81. The van der Waals surface area contributed by atoms with Crippen LogP contribution < -0.4 is 9.47 Å². The first kappa shape index (κ1) is 24.9. The topological polar surface area (TPSA) is 79.6 Å². The molecule has 1 saturated heterocycles. The first-order chi connectivity index (χ1) is 15.9. The van der Waals surface area contributed by atoms with E-state index in [0.29, 0.717) is 30.2 Å². The molecule has 0 radical (unpaired) electrons. The van der Waals surface area contributed by atoms with Crippen molar-refractivity contribution in [3.8, 4) is 17.6 Å². The molecule has 1 aliphatic heterocycles. The Balaban J connectivity index is 2.03. The normalized spacial score (nSPS) is 15.3. The molecule has 1 fully saturated rings. The van der Waals surface area contributed by atoms with Crippen LogP contribution >= 0.6 is 23.2 Å². The van der Waals surface area contributed by atoms with Gasteiger partial charge in [-0.25, -0.2) is 0 Å². The summed E-state index contributed by atoms with van der Waals surface area (Å²) in [7, 11) is 3.03. The maximum atomic E-state index is 13.4. The van der Waals surface area contributed by atoms with E-state index in [2.05, 4.69) is 6.07 Å². The van der Waals surface area contributed by atoms with E-state index in [1.165, 1.54) is 14.2 Å².